The van der Waals surface area contributed by atoms with Gasteiger partial charge >= 0.3 is 0 Å². The van der Waals surface area contributed by atoms with Gasteiger partial charge in [-0.05, 0) is 37.5 Å². The molecule has 1 atom stereocenters. The standard InChI is InChI=1S/C23H46O3/c1-2-3-4-5-9-12-15-23(17-18-23)16-13-10-7-6-8-11-14-19-26-21-22(25)20-24/h22,24-25H,2-21H2,1H3. The number of unbranched alkanes of at least 4 members (excludes halogenated alkanes) is 11. The first kappa shape index (κ1) is 23.9. The van der Waals surface area contributed by atoms with E-state index in [1.165, 1.54) is 103 Å². The molecule has 1 rings (SSSR count). The Morgan fingerprint density at radius 2 is 1.27 bits per heavy atom. The maximum absolute atomic E-state index is 9.16. The zero-order valence-corrected chi connectivity index (χ0v) is 17.5. The maximum Gasteiger partial charge on any atom is 0.100 e. The molecule has 0 aromatic carbocycles. The highest BCUT2D eigenvalue weighted by molar-refractivity contribution is 4.92. The van der Waals surface area contributed by atoms with Crippen molar-refractivity contribution in [1.82, 2.24) is 0 Å². The maximum atomic E-state index is 9.16. The third kappa shape index (κ3) is 13.1. The van der Waals surface area contributed by atoms with Crippen LogP contribution in [0.25, 0.3) is 0 Å². The van der Waals surface area contributed by atoms with E-state index in [-0.39, 0.29) is 13.2 Å². The molecule has 1 unspecified atom stereocenters. The van der Waals surface area contributed by atoms with Crippen molar-refractivity contribution >= 4 is 0 Å². The van der Waals surface area contributed by atoms with Crippen LogP contribution in [-0.2, 0) is 4.74 Å². The van der Waals surface area contributed by atoms with Crippen LogP contribution in [0.2, 0.25) is 0 Å². The van der Waals surface area contributed by atoms with E-state index in [1.807, 2.05) is 0 Å². The summed E-state index contributed by atoms with van der Waals surface area (Å²) in [4.78, 5) is 0. The zero-order chi connectivity index (χ0) is 18.9. The topological polar surface area (TPSA) is 49.7 Å². The van der Waals surface area contributed by atoms with Crippen LogP contribution < -0.4 is 0 Å². The van der Waals surface area contributed by atoms with Crippen LogP contribution >= 0.6 is 0 Å². The van der Waals surface area contributed by atoms with Gasteiger partial charge in [-0.25, -0.2) is 0 Å². The summed E-state index contributed by atoms with van der Waals surface area (Å²) in [5.41, 5.74) is 0.779. The summed E-state index contributed by atoms with van der Waals surface area (Å²) in [6.45, 7) is 3.05. The number of hydrogen-bond acceptors (Lipinski definition) is 3. The number of rotatable bonds is 20. The summed E-state index contributed by atoms with van der Waals surface area (Å²) >= 11 is 0. The summed E-state index contributed by atoms with van der Waals surface area (Å²) in [6, 6.07) is 0. The fraction of sp³-hybridized carbons (Fsp3) is 1.00. The highest BCUT2D eigenvalue weighted by Crippen LogP contribution is 2.53. The van der Waals surface area contributed by atoms with Gasteiger partial charge in [0.25, 0.3) is 0 Å². The largest absolute Gasteiger partial charge is 0.394 e. The van der Waals surface area contributed by atoms with Gasteiger partial charge in [-0.1, -0.05) is 84.0 Å². The van der Waals surface area contributed by atoms with E-state index in [4.69, 9.17) is 14.9 Å². The van der Waals surface area contributed by atoms with Crippen LogP contribution in [0.3, 0.4) is 0 Å². The van der Waals surface area contributed by atoms with E-state index in [0.717, 1.165) is 11.8 Å². The number of aliphatic hydroxyl groups excluding tert-OH is 2. The minimum atomic E-state index is -0.717. The van der Waals surface area contributed by atoms with E-state index < -0.39 is 6.10 Å². The van der Waals surface area contributed by atoms with Crippen LogP contribution in [-0.4, -0.2) is 36.1 Å². The summed E-state index contributed by atoms with van der Waals surface area (Å²) in [6.07, 6.45) is 23.1. The molecule has 1 aliphatic rings. The monoisotopic (exact) mass is 370 g/mol. The van der Waals surface area contributed by atoms with E-state index in [1.54, 1.807) is 0 Å². The molecule has 156 valence electrons. The smallest absolute Gasteiger partial charge is 0.100 e. The molecule has 0 aromatic rings. The van der Waals surface area contributed by atoms with Gasteiger partial charge < -0.3 is 14.9 Å². The zero-order valence-electron chi connectivity index (χ0n) is 17.5. The predicted octanol–water partition coefficient (Wildman–Crippen LogP) is 6.01. The second-order valence-corrected chi connectivity index (χ2v) is 8.65. The molecule has 3 nitrogen and oxygen atoms in total. The first-order valence-corrected chi connectivity index (χ1v) is 11.6. The molecule has 0 spiro atoms. The van der Waals surface area contributed by atoms with Crippen molar-refractivity contribution in [3.05, 3.63) is 0 Å². The molecule has 1 saturated carbocycles. The van der Waals surface area contributed by atoms with Crippen molar-refractivity contribution in [2.75, 3.05) is 19.8 Å². The van der Waals surface area contributed by atoms with Crippen molar-refractivity contribution in [2.24, 2.45) is 5.41 Å². The highest BCUT2D eigenvalue weighted by atomic mass is 16.5. The van der Waals surface area contributed by atoms with Crippen LogP contribution in [0.1, 0.15) is 116 Å². The van der Waals surface area contributed by atoms with Crippen LogP contribution in [0, 0.1) is 5.41 Å². The third-order valence-corrected chi connectivity index (χ3v) is 6.03. The van der Waals surface area contributed by atoms with Gasteiger partial charge in [0, 0.05) is 6.61 Å². The Bertz CT molecular complexity index is 302. The van der Waals surface area contributed by atoms with Crippen molar-refractivity contribution in [1.29, 1.82) is 0 Å². The fourth-order valence-electron chi connectivity index (χ4n) is 3.94. The molecule has 26 heavy (non-hydrogen) atoms. The van der Waals surface area contributed by atoms with Gasteiger partial charge in [-0.15, -0.1) is 0 Å². The lowest BCUT2D eigenvalue weighted by molar-refractivity contribution is 0.00526. The Balaban J connectivity index is 1.80. The molecule has 0 aliphatic heterocycles. The van der Waals surface area contributed by atoms with E-state index in [0.29, 0.717) is 6.61 Å². The van der Waals surface area contributed by atoms with Gasteiger partial charge in [0.05, 0.1) is 13.2 Å². The lowest BCUT2D eigenvalue weighted by atomic mass is 9.91. The normalized spacial score (nSPS) is 16.7. The molecule has 0 amide bonds. The highest BCUT2D eigenvalue weighted by Gasteiger charge is 2.40. The fourth-order valence-corrected chi connectivity index (χ4v) is 3.94. The Hall–Kier alpha value is -0.120. The SMILES string of the molecule is CCCCCCCCC1(CCCCCCCCCOCC(O)CO)CC1. The second kappa shape index (κ2) is 15.9. The average Bonchev–Trinajstić information content (AvgIpc) is 3.42. The number of hydrogen-bond donors (Lipinski definition) is 2. The third-order valence-electron chi connectivity index (χ3n) is 6.03. The lowest BCUT2D eigenvalue weighted by Gasteiger charge is -2.14. The molecule has 2 N–H and O–H groups in total. The number of aliphatic hydroxyl groups is 2. The van der Waals surface area contributed by atoms with E-state index in [2.05, 4.69) is 6.92 Å². The summed E-state index contributed by atoms with van der Waals surface area (Å²) < 4.78 is 5.33. The summed E-state index contributed by atoms with van der Waals surface area (Å²) in [7, 11) is 0. The van der Waals surface area contributed by atoms with Gasteiger partial charge in [-0.2, -0.15) is 0 Å². The molecule has 0 bridgehead atoms. The Labute approximate surface area is 162 Å². The molecule has 3 heteroatoms. The van der Waals surface area contributed by atoms with Gasteiger partial charge in [-0.3, -0.25) is 0 Å². The van der Waals surface area contributed by atoms with Crippen LogP contribution in [0.4, 0.5) is 0 Å². The molecule has 0 aromatic heterocycles. The lowest BCUT2D eigenvalue weighted by Crippen LogP contribution is -2.19. The Morgan fingerprint density at radius 1 is 0.769 bits per heavy atom. The second-order valence-electron chi connectivity index (χ2n) is 8.65. The van der Waals surface area contributed by atoms with Crippen LogP contribution in [0.5, 0.6) is 0 Å². The van der Waals surface area contributed by atoms with Gasteiger partial charge in [0.1, 0.15) is 6.10 Å². The van der Waals surface area contributed by atoms with Gasteiger partial charge in [0.15, 0.2) is 0 Å². The minimum Gasteiger partial charge on any atom is -0.394 e. The molecule has 1 aliphatic carbocycles. The molecule has 0 radical (unpaired) electrons. The van der Waals surface area contributed by atoms with E-state index in [9.17, 15) is 0 Å². The Morgan fingerprint density at radius 3 is 1.77 bits per heavy atom. The predicted molar refractivity (Wildman–Crippen MR) is 111 cm³/mol. The van der Waals surface area contributed by atoms with Crippen molar-refractivity contribution < 1.29 is 14.9 Å². The Kier molecular flexibility index (Phi) is 14.6. The minimum absolute atomic E-state index is 0.208. The quantitative estimate of drug-likeness (QED) is 0.258. The van der Waals surface area contributed by atoms with Crippen LogP contribution in [0.15, 0.2) is 0 Å². The first-order chi connectivity index (χ1) is 12.7. The molecule has 0 heterocycles. The van der Waals surface area contributed by atoms with Crippen molar-refractivity contribution in [3.8, 4) is 0 Å². The first-order valence-electron chi connectivity index (χ1n) is 11.6. The molecule has 1 fully saturated rings. The van der Waals surface area contributed by atoms with E-state index >= 15 is 0 Å². The summed E-state index contributed by atoms with van der Waals surface area (Å²) in [5, 5.41) is 17.8. The molecular weight excluding hydrogens is 324 g/mol. The average molecular weight is 371 g/mol. The van der Waals surface area contributed by atoms with Crippen molar-refractivity contribution in [3.63, 3.8) is 0 Å². The summed E-state index contributed by atoms with van der Waals surface area (Å²) in [5.74, 6) is 0. The number of ether oxygens (including phenoxy) is 1. The molecular formula is C23H46O3. The molecule has 0 saturated heterocycles. The van der Waals surface area contributed by atoms with Crippen molar-refractivity contribution in [2.45, 2.75) is 122 Å². The van der Waals surface area contributed by atoms with Gasteiger partial charge in [0.2, 0.25) is 0 Å².